The Morgan fingerprint density at radius 1 is 0.929 bits per heavy atom. The molecule has 0 saturated heterocycles. The summed E-state index contributed by atoms with van der Waals surface area (Å²) in [5.41, 5.74) is 7.32. The maximum absolute atomic E-state index is 12.5. The lowest BCUT2D eigenvalue weighted by Gasteiger charge is -2.10. The smallest absolute Gasteiger partial charge is 0.251 e. The van der Waals surface area contributed by atoms with E-state index >= 15 is 0 Å². The number of aryl methyl sites for hydroxylation is 1. The van der Waals surface area contributed by atoms with Crippen LogP contribution in [-0.2, 0) is 13.1 Å². The van der Waals surface area contributed by atoms with Crippen LogP contribution in [0.2, 0.25) is 0 Å². The summed E-state index contributed by atoms with van der Waals surface area (Å²) in [5.74, 6) is -0.0323. The molecular formula is C24H23N3O. The molecule has 0 unspecified atom stereocenters. The summed E-state index contributed by atoms with van der Waals surface area (Å²) in [6.45, 7) is 5.29. The summed E-state index contributed by atoms with van der Waals surface area (Å²) in [6.07, 6.45) is 1.88. The van der Waals surface area contributed by atoms with Crippen molar-refractivity contribution in [3.8, 4) is 0 Å². The number of fused-ring (bicyclic) bond motifs is 1. The largest absolute Gasteiger partial charge is 0.348 e. The molecule has 4 rings (SSSR count). The zero-order chi connectivity index (χ0) is 19.5. The second-order valence-corrected chi connectivity index (χ2v) is 7.11. The number of imidazole rings is 1. The highest BCUT2D eigenvalue weighted by Gasteiger charge is 2.09. The summed E-state index contributed by atoms with van der Waals surface area (Å²) < 4.78 is 2.15. The molecule has 0 radical (unpaired) electrons. The molecule has 0 fully saturated rings. The quantitative estimate of drug-likeness (QED) is 0.557. The van der Waals surface area contributed by atoms with Crippen molar-refractivity contribution in [2.24, 2.45) is 0 Å². The number of benzene rings is 3. The maximum atomic E-state index is 12.5. The molecule has 140 valence electrons. The Labute approximate surface area is 164 Å². The Hall–Kier alpha value is -3.40. The van der Waals surface area contributed by atoms with E-state index < -0.39 is 0 Å². The van der Waals surface area contributed by atoms with Crippen LogP contribution in [0.5, 0.6) is 0 Å². The predicted molar refractivity (Wildman–Crippen MR) is 112 cm³/mol. The standard InChI is InChI=1S/C24H23N3O/c1-17-6-5-7-21(18(17)2)24(28)25-14-19-10-12-20(13-11-19)15-27-16-26-22-8-3-4-9-23(22)27/h3-13,16H,14-15H2,1-2H3,(H,25,28). The van der Waals surface area contributed by atoms with Crippen molar-refractivity contribution in [2.75, 3.05) is 0 Å². The molecule has 1 amide bonds. The number of hydrogen-bond donors (Lipinski definition) is 1. The fourth-order valence-corrected chi connectivity index (χ4v) is 3.37. The lowest BCUT2D eigenvalue weighted by atomic mass is 10.0. The molecule has 4 heteroatoms. The molecule has 0 atom stereocenters. The van der Waals surface area contributed by atoms with Crippen LogP contribution in [-0.4, -0.2) is 15.5 Å². The Balaban J connectivity index is 1.41. The molecule has 1 N–H and O–H groups in total. The fourth-order valence-electron chi connectivity index (χ4n) is 3.37. The Morgan fingerprint density at radius 2 is 1.68 bits per heavy atom. The highest BCUT2D eigenvalue weighted by Crippen LogP contribution is 2.15. The minimum absolute atomic E-state index is 0.0323. The van der Waals surface area contributed by atoms with Crippen LogP contribution in [0.1, 0.15) is 32.6 Å². The highest BCUT2D eigenvalue weighted by atomic mass is 16.1. The summed E-state index contributed by atoms with van der Waals surface area (Å²) >= 11 is 0. The fraction of sp³-hybridized carbons (Fsp3) is 0.167. The van der Waals surface area contributed by atoms with Gasteiger partial charge in [-0.05, 0) is 54.3 Å². The number of nitrogens with one attached hydrogen (secondary N) is 1. The molecule has 0 aliphatic heterocycles. The van der Waals surface area contributed by atoms with Gasteiger partial charge in [0, 0.05) is 18.7 Å². The first-order valence-electron chi connectivity index (χ1n) is 9.44. The van der Waals surface area contributed by atoms with Crippen LogP contribution in [0, 0.1) is 13.8 Å². The zero-order valence-corrected chi connectivity index (χ0v) is 16.1. The third-order valence-electron chi connectivity index (χ3n) is 5.21. The Bertz CT molecular complexity index is 1130. The molecule has 0 aliphatic rings. The van der Waals surface area contributed by atoms with Crippen LogP contribution in [0.3, 0.4) is 0 Å². The van der Waals surface area contributed by atoms with Crippen LogP contribution < -0.4 is 5.32 Å². The molecule has 0 spiro atoms. The van der Waals surface area contributed by atoms with Crippen molar-refractivity contribution in [2.45, 2.75) is 26.9 Å². The van der Waals surface area contributed by atoms with Gasteiger partial charge in [-0.25, -0.2) is 4.98 Å². The third kappa shape index (κ3) is 3.67. The molecular weight excluding hydrogens is 346 g/mol. The minimum Gasteiger partial charge on any atom is -0.348 e. The van der Waals surface area contributed by atoms with E-state index in [1.54, 1.807) is 0 Å². The molecule has 4 nitrogen and oxygen atoms in total. The van der Waals surface area contributed by atoms with Crippen molar-refractivity contribution in [3.63, 3.8) is 0 Å². The number of carbonyl (C=O) groups excluding carboxylic acids is 1. The SMILES string of the molecule is Cc1cccc(C(=O)NCc2ccc(Cn3cnc4ccccc43)cc2)c1C. The van der Waals surface area contributed by atoms with Crippen molar-refractivity contribution < 1.29 is 4.79 Å². The van der Waals surface area contributed by atoms with Gasteiger partial charge in [0.25, 0.3) is 5.91 Å². The topological polar surface area (TPSA) is 46.9 Å². The van der Waals surface area contributed by atoms with Gasteiger partial charge in [-0.2, -0.15) is 0 Å². The van der Waals surface area contributed by atoms with Crippen LogP contribution in [0.4, 0.5) is 0 Å². The van der Waals surface area contributed by atoms with E-state index in [9.17, 15) is 4.79 Å². The maximum Gasteiger partial charge on any atom is 0.251 e. The van der Waals surface area contributed by atoms with Gasteiger partial charge in [0.15, 0.2) is 0 Å². The molecule has 1 aromatic heterocycles. The number of rotatable bonds is 5. The number of hydrogen-bond acceptors (Lipinski definition) is 2. The summed E-state index contributed by atoms with van der Waals surface area (Å²) in [5, 5.41) is 3.02. The van der Waals surface area contributed by atoms with E-state index in [2.05, 4.69) is 45.2 Å². The number of para-hydroxylation sites is 2. The average molecular weight is 369 g/mol. The van der Waals surface area contributed by atoms with Gasteiger partial charge in [-0.1, -0.05) is 48.5 Å². The minimum atomic E-state index is -0.0323. The first-order chi connectivity index (χ1) is 13.6. The van der Waals surface area contributed by atoms with Gasteiger partial charge in [-0.15, -0.1) is 0 Å². The van der Waals surface area contributed by atoms with Crippen molar-refractivity contribution in [1.29, 1.82) is 0 Å². The van der Waals surface area contributed by atoms with Gasteiger partial charge in [0.05, 0.1) is 17.4 Å². The normalized spacial score (nSPS) is 10.9. The molecule has 1 heterocycles. The van der Waals surface area contributed by atoms with Crippen LogP contribution in [0.25, 0.3) is 11.0 Å². The highest BCUT2D eigenvalue weighted by molar-refractivity contribution is 5.95. The van der Waals surface area contributed by atoms with E-state index in [0.717, 1.165) is 39.8 Å². The summed E-state index contributed by atoms with van der Waals surface area (Å²) in [4.78, 5) is 16.9. The first-order valence-corrected chi connectivity index (χ1v) is 9.44. The number of carbonyl (C=O) groups is 1. The van der Waals surface area contributed by atoms with E-state index in [4.69, 9.17) is 0 Å². The van der Waals surface area contributed by atoms with Crippen LogP contribution in [0.15, 0.2) is 73.1 Å². The number of aromatic nitrogens is 2. The average Bonchev–Trinajstić information content (AvgIpc) is 3.12. The van der Waals surface area contributed by atoms with Gasteiger partial charge < -0.3 is 9.88 Å². The lowest BCUT2D eigenvalue weighted by molar-refractivity contribution is 0.0950. The monoisotopic (exact) mass is 369 g/mol. The zero-order valence-electron chi connectivity index (χ0n) is 16.1. The molecule has 28 heavy (non-hydrogen) atoms. The van der Waals surface area contributed by atoms with E-state index in [1.165, 1.54) is 5.56 Å². The van der Waals surface area contributed by atoms with Gasteiger partial charge in [-0.3, -0.25) is 4.79 Å². The van der Waals surface area contributed by atoms with Gasteiger partial charge in [0.2, 0.25) is 0 Å². The molecule has 0 saturated carbocycles. The predicted octanol–water partition coefficient (Wildman–Crippen LogP) is 4.63. The molecule has 4 aromatic rings. The van der Waals surface area contributed by atoms with Crippen molar-refractivity contribution in [3.05, 3.63) is 101 Å². The second kappa shape index (κ2) is 7.69. The number of nitrogens with zero attached hydrogens (tertiary/aromatic N) is 2. The molecule has 0 aliphatic carbocycles. The van der Waals surface area contributed by atoms with Crippen LogP contribution >= 0.6 is 0 Å². The Kier molecular flexibility index (Phi) is 4.94. The van der Waals surface area contributed by atoms with E-state index in [0.29, 0.717) is 6.54 Å². The molecule has 3 aromatic carbocycles. The molecule has 0 bridgehead atoms. The summed E-state index contributed by atoms with van der Waals surface area (Å²) in [7, 11) is 0. The second-order valence-electron chi connectivity index (χ2n) is 7.11. The third-order valence-corrected chi connectivity index (χ3v) is 5.21. The number of amides is 1. The lowest BCUT2D eigenvalue weighted by Crippen LogP contribution is -2.23. The van der Waals surface area contributed by atoms with Gasteiger partial charge in [0.1, 0.15) is 0 Å². The van der Waals surface area contributed by atoms with Crippen molar-refractivity contribution in [1.82, 2.24) is 14.9 Å². The Morgan fingerprint density at radius 3 is 2.50 bits per heavy atom. The summed E-state index contributed by atoms with van der Waals surface area (Å²) in [6, 6.07) is 22.3. The van der Waals surface area contributed by atoms with E-state index in [1.807, 2.05) is 56.6 Å². The first kappa shape index (κ1) is 18.0. The van der Waals surface area contributed by atoms with Crippen molar-refractivity contribution >= 4 is 16.9 Å². The van der Waals surface area contributed by atoms with E-state index in [-0.39, 0.29) is 5.91 Å². The van der Waals surface area contributed by atoms with Gasteiger partial charge >= 0.3 is 0 Å².